The zero-order valence-corrected chi connectivity index (χ0v) is 22.8. The first kappa shape index (κ1) is 27.7. The molecule has 0 spiro atoms. The van der Waals surface area contributed by atoms with Crippen molar-refractivity contribution in [2.75, 3.05) is 0 Å². The van der Waals surface area contributed by atoms with Gasteiger partial charge in [0.25, 0.3) is 0 Å². The highest BCUT2D eigenvalue weighted by Gasteiger charge is 2.42. The van der Waals surface area contributed by atoms with Crippen LogP contribution in [-0.4, -0.2) is 0 Å². The second-order valence-corrected chi connectivity index (χ2v) is 10.3. The highest BCUT2D eigenvalue weighted by molar-refractivity contribution is 5.81. The maximum Gasteiger partial charge on any atom is 0.0215 e. The zero-order valence-electron chi connectivity index (χ0n) is 22.8. The summed E-state index contributed by atoms with van der Waals surface area (Å²) in [4.78, 5) is 0. The van der Waals surface area contributed by atoms with Crippen LogP contribution in [0.3, 0.4) is 0 Å². The van der Waals surface area contributed by atoms with E-state index in [9.17, 15) is 0 Å². The van der Waals surface area contributed by atoms with Crippen molar-refractivity contribution in [3.63, 3.8) is 0 Å². The lowest BCUT2D eigenvalue weighted by molar-refractivity contribution is 0.398. The quantitative estimate of drug-likeness (QED) is 0.252. The van der Waals surface area contributed by atoms with Crippen LogP contribution in [0.2, 0.25) is 0 Å². The molecule has 0 aliphatic heterocycles. The Morgan fingerprint density at radius 2 is 1.12 bits per heavy atom. The average Bonchev–Trinajstić information content (AvgIpc) is 3.12. The molecule has 0 nitrogen and oxygen atoms in total. The van der Waals surface area contributed by atoms with Gasteiger partial charge in [-0.2, -0.15) is 0 Å². The van der Waals surface area contributed by atoms with Crippen molar-refractivity contribution in [2.24, 2.45) is 0 Å². The fourth-order valence-electron chi connectivity index (χ4n) is 5.73. The molecular formula is C33H52. The lowest BCUT2D eigenvalue weighted by atomic mass is 9.70. The van der Waals surface area contributed by atoms with Crippen molar-refractivity contribution < 1.29 is 0 Å². The van der Waals surface area contributed by atoms with Gasteiger partial charge in [-0.25, -0.2) is 0 Å². The molecular weight excluding hydrogens is 396 g/mol. The van der Waals surface area contributed by atoms with E-state index in [2.05, 4.69) is 70.2 Å². The van der Waals surface area contributed by atoms with Gasteiger partial charge >= 0.3 is 0 Å². The Morgan fingerprint density at radius 3 is 1.70 bits per heavy atom. The van der Waals surface area contributed by atoms with Gasteiger partial charge in [0.15, 0.2) is 0 Å². The van der Waals surface area contributed by atoms with Crippen molar-refractivity contribution >= 4 is 0 Å². The van der Waals surface area contributed by atoms with Gasteiger partial charge in [0.05, 0.1) is 0 Å². The summed E-state index contributed by atoms with van der Waals surface area (Å²) in [7, 11) is 0. The Labute approximate surface area is 206 Å². The number of benzene rings is 2. The Hall–Kier alpha value is -1.56. The lowest BCUT2D eigenvalue weighted by Crippen LogP contribution is -2.25. The number of hydrogen-bond donors (Lipinski definition) is 0. The van der Waals surface area contributed by atoms with Crippen molar-refractivity contribution in [1.82, 2.24) is 0 Å². The van der Waals surface area contributed by atoms with Gasteiger partial charge in [0, 0.05) is 5.41 Å². The highest BCUT2D eigenvalue weighted by atomic mass is 14.4. The second kappa shape index (κ2) is 14.6. The van der Waals surface area contributed by atoms with Crippen LogP contribution in [0, 0.1) is 0 Å². The maximum absolute atomic E-state index is 2.59. The third kappa shape index (κ3) is 6.97. The molecule has 0 bridgehead atoms. The van der Waals surface area contributed by atoms with Crippen LogP contribution in [0.1, 0.15) is 148 Å². The van der Waals surface area contributed by atoms with Gasteiger partial charge in [-0.05, 0) is 46.6 Å². The van der Waals surface area contributed by atoms with E-state index in [1.165, 1.54) is 100 Å². The van der Waals surface area contributed by atoms with E-state index >= 15 is 0 Å². The fraction of sp³-hybridized carbons (Fsp3) is 0.636. The number of hydrogen-bond acceptors (Lipinski definition) is 0. The van der Waals surface area contributed by atoms with Crippen LogP contribution < -0.4 is 0 Å². The van der Waals surface area contributed by atoms with Crippen molar-refractivity contribution in [1.29, 1.82) is 0 Å². The first-order valence-electron chi connectivity index (χ1n) is 14.4. The lowest BCUT2D eigenvalue weighted by Gasteiger charge is -2.33. The Balaban J connectivity index is 0.00000187. The number of rotatable bonds is 14. The molecule has 0 aromatic heterocycles. The molecule has 0 saturated heterocycles. The molecule has 0 amide bonds. The Bertz CT molecular complexity index is 799. The molecule has 0 fully saturated rings. The van der Waals surface area contributed by atoms with Crippen LogP contribution in [0.5, 0.6) is 0 Å². The van der Waals surface area contributed by atoms with E-state index in [0.29, 0.717) is 5.92 Å². The summed E-state index contributed by atoms with van der Waals surface area (Å²) in [5.74, 6) is 0.588. The third-order valence-corrected chi connectivity index (χ3v) is 7.62. The third-order valence-electron chi connectivity index (χ3n) is 7.62. The first-order chi connectivity index (χ1) is 16.1. The zero-order chi connectivity index (χ0) is 24.1. The summed E-state index contributed by atoms with van der Waals surface area (Å²) in [6.45, 7) is 13.3. The maximum atomic E-state index is 2.59. The van der Waals surface area contributed by atoms with E-state index in [4.69, 9.17) is 0 Å². The second-order valence-electron chi connectivity index (χ2n) is 10.3. The highest BCUT2D eigenvalue weighted by Crippen LogP contribution is 2.54. The molecule has 1 unspecified atom stereocenters. The molecule has 1 aliphatic carbocycles. The van der Waals surface area contributed by atoms with E-state index in [1.807, 2.05) is 13.8 Å². The largest absolute Gasteiger partial charge is 0.0683 e. The predicted octanol–water partition coefficient (Wildman–Crippen LogP) is 11.2. The van der Waals surface area contributed by atoms with Crippen molar-refractivity contribution in [2.45, 2.75) is 136 Å². The number of fused-ring (bicyclic) bond motifs is 3. The molecule has 0 heterocycles. The average molecular weight is 449 g/mol. The van der Waals surface area contributed by atoms with E-state index in [0.717, 1.165) is 0 Å². The molecule has 1 atom stereocenters. The van der Waals surface area contributed by atoms with Gasteiger partial charge in [0.1, 0.15) is 0 Å². The topological polar surface area (TPSA) is 0 Å². The van der Waals surface area contributed by atoms with Crippen LogP contribution in [-0.2, 0) is 5.41 Å². The summed E-state index contributed by atoms with van der Waals surface area (Å²) in [6.07, 6.45) is 17.8. The summed E-state index contributed by atoms with van der Waals surface area (Å²) in [6, 6.07) is 16.7. The van der Waals surface area contributed by atoms with E-state index in [1.54, 1.807) is 11.1 Å². The van der Waals surface area contributed by atoms with Crippen LogP contribution in [0.15, 0.2) is 42.5 Å². The molecule has 3 rings (SSSR count). The fourth-order valence-corrected chi connectivity index (χ4v) is 5.73. The van der Waals surface area contributed by atoms with Gasteiger partial charge in [-0.3, -0.25) is 0 Å². The molecule has 0 heteroatoms. The van der Waals surface area contributed by atoms with Gasteiger partial charge in [-0.1, -0.05) is 155 Å². The monoisotopic (exact) mass is 448 g/mol. The molecule has 0 saturated carbocycles. The molecule has 33 heavy (non-hydrogen) atoms. The SMILES string of the molecule is CC.CCCCCCCCC1(CCCCCCC)c2ccccc2-c2ccc(C(C)C)cc21. The minimum atomic E-state index is 0.230. The summed E-state index contributed by atoms with van der Waals surface area (Å²) >= 11 is 0. The molecule has 2 aromatic carbocycles. The van der Waals surface area contributed by atoms with Crippen LogP contribution in [0.4, 0.5) is 0 Å². The van der Waals surface area contributed by atoms with Crippen LogP contribution >= 0.6 is 0 Å². The standard InChI is InChI=1S/C31H46.C2H6/c1-5-7-9-11-13-17-23-31(22-16-12-10-8-6-2)29-19-15-14-18-27(29)28-21-20-26(25(3)4)24-30(28)31;1-2/h14-15,18-21,24-25H,5-13,16-17,22-23H2,1-4H3;1-2H3. The first-order valence-corrected chi connectivity index (χ1v) is 14.4. The molecule has 2 aromatic rings. The van der Waals surface area contributed by atoms with Gasteiger partial charge < -0.3 is 0 Å². The van der Waals surface area contributed by atoms with Crippen molar-refractivity contribution in [3.05, 3.63) is 59.2 Å². The van der Waals surface area contributed by atoms with Gasteiger partial charge in [0.2, 0.25) is 0 Å². The Kier molecular flexibility index (Phi) is 12.3. The summed E-state index contributed by atoms with van der Waals surface area (Å²) in [5.41, 5.74) is 8.02. The molecule has 184 valence electrons. The van der Waals surface area contributed by atoms with Crippen LogP contribution in [0.25, 0.3) is 11.1 Å². The van der Waals surface area contributed by atoms with Crippen molar-refractivity contribution in [3.8, 4) is 11.1 Å². The molecule has 1 aliphatic rings. The minimum absolute atomic E-state index is 0.230. The molecule has 0 N–H and O–H groups in total. The van der Waals surface area contributed by atoms with E-state index < -0.39 is 0 Å². The smallest absolute Gasteiger partial charge is 0.0215 e. The van der Waals surface area contributed by atoms with Gasteiger partial charge in [-0.15, -0.1) is 0 Å². The molecule has 0 radical (unpaired) electrons. The summed E-state index contributed by atoms with van der Waals surface area (Å²) in [5, 5.41) is 0. The minimum Gasteiger partial charge on any atom is -0.0683 e. The normalized spacial score (nSPS) is 16.3. The summed E-state index contributed by atoms with van der Waals surface area (Å²) < 4.78 is 0. The predicted molar refractivity (Wildman–Crippen MR) is 149 cm³/mol. The van der Waals surface area contributed by atoms with E-state index in [-0.39, 0.29) is 5.41 Å². The Morgan fingerprint density at radius 1 is 0.606 bits per heavy atom. The number of unbranched alkanes of at least 4 members (excludes halogenated alkanes) is 9.